The van der Waals surface area contributed by atoms with Crippen molar-refractivity contribution in [3.8, 4) is 0 Å². The molecule has 1 aromatic heterocycles. The Morgan fingerprint density at radius 2 is 1.57 bits per heavy atom. The highest BCUT2D eigenvalue weighted by Gasteiger charge is 2.37. The van der Waals surface area contributed by atoms with E-state index in [1.165, 1.54) is 11.3 Å². The lowest BCUT2D eigenvalue weighted by Crippen LogP contribution is -2.50. The maximum Gasteiger partial charge on any atom is 0.436 e. The van der Waals surface area contributed by atoms with Gasteiger partial charge in [0.2, 0.25) is 5.13 Å². The van der Waals surface area contributed by atoms with Crippen molar-refractivity contribution in [2.24, 2.45) is 0 Å². The van der Waals surface area contributed by atoms with Crippen LogP contribution >= 0.6 is 11.3 Å². The fourth-order valence-corrected chi connectivity index (χ4v) is 3.51. The third kappa shape index (κ3) is 8.61. The van der Waals surface area contributed by atoms with Gasteiger partial charge in [0.15, 0.2) is 8.32 Å². The Morgan fingerprint density at radius 3 is 2.03 bits per heavy atom. The molecule has 0 atom stereocenters. The summed E-state index contributed by atoms with van der Waals surface area (Å²) in [6, 6.07) is 0. The molecule has 0 radical (unpaired) electrons. The number of thiazole rings is 1. The molecule has 0 saturated carbocycles. The minimum absolute atomic E-state index is 0.0761. The molecule has 30 heavy (non-hydrogen) atoms. The van der Waals surface area contributed by atoms with Crippen molar-refractivity contribution in [2.45, 2.75) is 98.3 Å². The molecule has 1 aromatic rings. The number of hydrogen-bond acceptors (Lipinski definition) is 7. The first-order valence-corrected chi connectivity index (χ1v) is 13.7. The van der Waals surface area contributed by atoms with E-state index in [9.17, 15) is 9.59 Å². The largest absolute Gasteiger partial charge is 0.443 e. The minimum Gasteiger partial charge on any atom is -0.443 e. The molecule has 0 bridgehead atoms. The lowest BCUT2D eigenvalue weighted by molar-refractivity contribution is 0.0425. The van der Waals surface area contributed by atoms with E-state index in [-0.39, 0.29) is 10.2 Å². The molecule has 8 nitrogen and oxygen atoms in total. The van der Waals surface area contributed by atoms with Crippen LogP contribution < -0.4 is 10.4 Å². The molecule has 0 spiro atoms. The van der Waals surface area contributed by atoms with Crippen LogP contribution in [-0.4, -0.2) is 36.7 Å². The van der Waals surface area contributed by atoms with Crippen molar-refractivity contribution in [1.82, 2.24) is 10.4 Å². The molecule has 0 unspecified atom stereocenters. The Bertz CT molecular complexity index is 745. The Labute approximate surface area is 185 Å². The first kappa shape index (κ1) is 26.4. The second-order valence-corrected chi connectivity index (χ2v) is 16.2. The van der Waals surface area contributed by atoms with Gasteiger partial charge in [-0.25, -0.2) is 20.0 Å². The maximum atomic E-state index is 12.7. The van der Waals surface area contributed by atoms with Gasteiger partial charge in [-0.15, -0.1) is 11.3 Å². The van der Waals surface area contributed by atoms with E-state index in [2.05, 4.69) is 44.3 Å². The highest BCUT2D eigenvalue weighted by atomic mass is 32.1. The number of carbonyl (C=O) groups excluding carboxylic acids is 2. The molecule has 1 heterocycles. The van der Waals surface area contributed by atoms with E-state index in [0.29, 0.717) is 12.3 Å². The zero-order chi connectivity index (χ0) is 23.5. The average Bonchev–Trinajstić information content (AvgIpc) is 2.94. The maximum absolute atomic E-state index is 12.7. The number of nitrogens with zero attached hydrogens (tertiary/aromatic N) is 2. The van der Waals surface area contributed by atoms with Crippen molar-refractivity contribution < 1.29 is 23.5 Å². The number of rotatable bonds is 4. The fourth-order valence-electron chi connectivity index (χ4n) is 1.81. The van der Waals surface area contributed by atoms with E-state index in [0.717, 1.165) is 5.01 Å². The number of amides is 2. The summed E-state index contributed by atoms with van der Waals surface area (Å²) in [4.78, 5) is 29.4. The van der Waals surface area contributed by atoms with Crippen LogP contribution in [0.5, 0.6) is 0 Å². The Kier molecular flexibility index (Phi) is 8.12. The Balaban J connectivity index is 3.02. The summed E-state index contributed by atoms with van der Waals surface area (Å²) < 4.78 is 16.9. The van der Waals surface area contributed by atoms with Gasteiger partial charge < -0.3 is 13.9 Å². The second kappa shape index (κ2) is 9.23. The SMILES string of the molecule is CC(C)(C)OC(=O)NN(C(=O)OC(C)(C)C)c1nc(CO[Si](C)(C)C(C)(C)C)cs1. The summed E-state index contributed by atoms with van der Waals surface area (Å²) in [6.45, 7) is 21.6. The lowest BCUT2D eigenvalue weighted by Gasteiger charge is -2.35. The third-order valence-electron chi connectivity index (χ3n) is 4.30. The summed E-state index contributed by atoms with van der Waals surface area (Å²) in [5, 5.41) is 3.12. The summed E-state index contributed by atoms with van der Waals surface area (Å²) in [6.07, 6.45) is -1.53. The van der Waals surface area contributed by atoms with Gasteiger partial charge in [0, 0.05) is 5.38 Å². The van der Waals surface area contributed by atoms with Crippen LogP contribution in [0.25, 0.3) is 0 Å². The first-order chi connectivity index (χ1) is 13.3. The van der Waals surface area contributed by atoms with E-state index < -0.39 is 31.7 Å². The van der Waals surface area contributed by atoms with Crippen molar-refractivity contribution in [3.63, 3.8) is 0 Å². The van der Waals surface area contributed by atoms with Gasteiger partial charge in [-0.2, -0.15) is 5.01 Å². The first-order valence-electron chi connectivity index (χ1n) is 9.92. The lowest BCUT2D eigenvalue weighted by atomic mass is 10.2. The summed E-state index contributed by atoms with van der Waals surface area (Å²) in [5.74, 6) is 0. The molecule has 0 aliphatic heterocycles. The summed E-state index contributed by atoms with van der Waals surface area (Å²) in [7, 11) is -1.94. The molecular formula is C20H37N3O5SSi. The number of anilines is 1. The zero-order valence-corrected chi connectivity index (χ0v) is 21.9. The number of nitrogens with one attached hydrogen (secondary N) is 1. The molecule has 0 aromatic carbocycles. The van der Waals surface area contributed by atoms with Gasteiger partial charge in [0.05, 0.1) is 12.3 Å². The van der Waals surface area contributed by atoms with E-state index in [1.54, 1.807) is 46.9 Å². The molecule has 1 N–H and O–H groups in total. The van der Waals surface area contributed by atoms with Gasteiger partial charge in [-0.05, 0) is 59.7 Å². The van der Waals surface area contributed by atoms with E-state index in [1.807, 2.05) is 0 Å². The molecule has 10 heteroatoms. The monoisotopic (exact) mass is 459 g/mol. The zero-order valence-electron chi connectivity index (χ0n) is 20.1. The average molecular weight is 460 g/mol. The highest BCUT2D eigenvalue weighted by molar-refractivity contribution is 7.14. The normalized spacial score (nSPS) is 13.0. The smallest absolute Gasteiger partial charge is 0.436 e. The number of aromatic nitrogens is 1. The van der Waals surface area contributed by atoms with Crippen molar-refractivity contribution in [2.75, 3.05) is 5.01 Å². The van der Waals surface area contributed by atoms with Crippen molar-refractivity contribution in [3.05, 3.63) is 11.1 Å². The predicted molar refractivity (Wildman–Crippen MR) is 122 cm³/mol. The number of ether oxygens (including phenoxy) is 2. The van der Waals surface area contributed by atoms with Gasteiger partial charge in [0.25, 0.3) is 0 Å². The molecule has 2 amide bonds. The number of hydrazine groups is 1. The van der Waals surface area contributed by atoms with Crippen molar-refractivity contribution in [1.29, 1.82) is 0 Å². The molecular weight excluding hydrogens is 422 g/mol. The topological polar surface area (TPSA) is 90.0 Å². The molecule has 0 fully saturated rings. The quantitative estimate of drug-likeness (QED) is 0.449. The second-order valence-electron chi connectivity index (χ2n) is 10.6. The van der Waals surface area contributed by atoms with Gasteiger partial charge in [-0.1, -0.05) is 20.8 Å². The molecule has 172 valence electrons. The van der Waals surface area contributed by atoms with Crippen LogP contribution in [0, 0.1) is 0 Å². The van der Waals surface area contributed by atoms with Gasteiger partial charge >= 0.3 is 12.2 Å². The Hall–Kier alpha value is -1.65. The summed E-state index contributed by atoms with van der Waals surface area (Å²) >= 11 is 1.21. The van der Waals surface area contributed by atoms with Crippen molar-refractivity contribution >= 4 is 37.0 Å². The fraction of sp³-hybridized carbons (Fsp3) is 0.750. The van der Waals surface area contributed by atoms with Gasteiger partial charge in [-0.3, -0.25) is 0 Å². The van der Waals surface area contributed by atoms with E-state index >= 15 is 0 Å². The number of carbonyl (C=O) groups is 2. The third-order valence-corrected chi connectivity index (χ3v) is 9.65. The molecule has 0 saturated heterocycles. The van der Waals surface area contributed by atoms with Crippen LogP contribution in [0.15, 0.2) is 5.38 Å². The standard InChI is InChI=1S/C20H37N3O5SSi/c1-18(2,3)27-16(24)22-23(17(25)28-19(4,5)6)15-21-14(13-29-15)12-26-30(10,11)20(7,8)9/h13H,12H2,1-11H3,(H,22,24). The van der Waals surface area contributed by atoms with Crippen LogP contribution in [0.4, 0.5) is 14.7 Å². The molecule has 0 aliphatic carbocycles. The number of hydrogen-bond donors (Lipinski definition) is 1. The molecule has 1 rings (SSSR count). The highest BCUT2D eigenvalue weighted by Crippen LogP contribution is 2.37. The van der Waals surface area contributed by atoms with Crippen LogP contribution in [0.2, 0.25) is 18.1 Å². The van der Waals surface area contributed by atoms with E-state index in [4.69, 9.17) is 13.9 Å². The van der Waals surface area contributed by atoms with Crippen LogP contribution in [0.1, 0.15) is 68.0 Å². The van der Waals surface area contributed by atoms with Crippen LogP contribution in [0.3, 0.4) is 0 Å². The predicted octanol–water partition coefficient (Wildman–Crippen LogP) is 5.85. The Morgan fingerprint density at radius 1 is 1.03 bits per heavy atom. The summed E-state index contributed by atoms with van der Waals surface area (Å²) in [5.41, 5.74) is 1.66. The minimum atomic E-state index is -1.94. The van der Waals surface area contributed by atoms with Gasteiger partial charge in [0.1, 0.15) is 11.2 Å². The molecule has 0 aliphatic rings. The van der Waals surface area contributed by atoms with Crippen LogP contribution in [-0.2, 0) is 20.5 Å².